The summed E-state index contributed by atoms with van der Waals surface area (Å²) >= 11 is 0. The van der Waals surface area contributed by atoms with Crippen molar-refractivity contribution in [3.63, 3.8) is 0 Å². The second kappa shape index (κ2) is 6.80. The Morgan fingerprint density at radius 3 is 2.43 bits per heavy atom. The van der Waals surface area contributed by atoms with E-state index in [0.717, 1.165) is 24.5 Å². The van der Waals surface area contributed by atoms with Gasteiger partial charge in [-0.25, -0.2) is 15.2 Å². The van der Waals surface area contributed by atoms with Crippen molar-refractivity contribution in [3.8, 4) is 5.75 Å². The molecule has 0 spiro atoms. The third-order valence-electron chi connectivity index (χ3n) is 3.38. The van der Waals surface area contributed by atoms with Crippen LogP contribution in [-0.2, 0) is 0 Å². The summed E-state index contributed by atoms with van der Waals surface area (Å²) in [5, 5.41) is 4.37. The standard InChI is InChI=1S/C16H25N3O2/c1-4-5-6-7-12-21-14-10-8-13(9-11-14)19-15(20)17-16(2,3)18-19/h8-11,18H,4-7,12H2,1-3H3,(H,17,20). The summed E-state index contributed by atoms with van der Waals surface area (Å²) < 4.78 is 5.70. The Morgan fingerprint density at radius 2 is 1.86 bits per heavy atom. The van der Waals surface area contributed by atoms with Crippen LogP contribution in [0.4, 0.5) is 10.5 Å². The Balaban J connectivity index is 1.86. The molecule has 116 valence electrons. The number of benzene rings is 1. The zero-order chi connectivity index (χ0) is 15.3. The lowest BCUT2D eigenvalue weighted by Crippen LogP contribution is -2.45. The van der Waals surface area contributed by atoms with Crippen molar-refractivity contribution < 1.29 is 9.53 Å². The van der Waals surface area contributed by atoms with Crippen LogP contribution in [0.3, 0.4) is 0 Å². The molecular weight excluding hydrogens is 266 g/mol. The Bertz CT molecular complexity index is 471. The highest BCUT2D eigenvalue weighted by Gasteiger charge is 2.34. The summed E-state index contributed by atoms with van der Waals surface area (Å²) in [6.07, 6.45) is 4.78. The van der Waals surface area contributed by atoms with Gasteiger partial charge < -0.3 is 10.1 Å². The van der Waals surface area contributed by atoms with E-state index >= 15 is 0 Å². The molecule has 1 aromatic rings. The number of hydrogen-bond donors (Lipinski definition) is 2. The molecule has 2 amide bonds. The van der Waals surface area contributed by atoms with Crippen molar-refractivity contribution in [2.24, 2.45) is 0 Å². The number of carbonyl (C=O) groups excluding carboxylic acids is 1. The Hall–Kier alpha value is -1.75. The molecule has 0 bridgehead atoms. The average molecular weight is 291 g/mol. The van der Waals surface area contributed by atoms with Gasteiger partial charge in [0.25, 0.3) is 0 Å². The van der Waals surface area contributed by atoms with Gasteiger partial charge in [-0.1, -0.05) is 26.2 Å². The van der Waals surface area contributed by atoms with Gasteiger partial charge in [0, 0.05) is 0 Å². The first-order valence-corrected chi connectivity index (χ1v) is 7.65. The Morgan fingerprint density at radius 1 is 1.14 bits per heavy atom. The SMILES string of the molecule is CCCCCCOc1ccc(N2NC(C)(C)NC2=O)cc1. The molecule has 0 aliphatic carbocycles. The number of urea groups is 1. The average Bonchev–Trinajstić information content (AvgIpc) is 2.72. The fourth-order valence-electron chi connectivity index (χ4n) is 2.27. The Kier molecular flexibility index (Phi) is 5.07. The van der Waals surface area contributed by atoms with Crippen molar-refractivity contribution in [2.45, 2.75) is 52.1 Å². The van der Waals surface area contributed by atoms with E-state index < -0.39 is 5.66 Å². The number of amides is 2. The monoisotopic (exact) mass is 291 g/mol. The highest BCUT2D eigenvalue weighted by atomic mass is 16.5. The van der Waals surface area contributed by atoms with Gasteiger partial charge >= 0.3 is 6.03 Å². The predicted molar refractivity (Wildman–Crippen MR) is 84.3 cm³/mol. The first-order valence-electron chi connectivity index (χ1n) is 7.65. The molecule has 1 aliphatic heterocycles. The topological polar surface area (TPSA) is 53.6 Å². The molecule has 5 nitrogen and oxygen atoms in total. The van der Waals surface area contributed by atoms with E-state index in [1.165, 1.54) is 24.3 Å². The smallest absolute Gasteiger partial charge is 0.338 e. The summed E-state index contributed by atoms with van der Waals surface area (Å²) in [7, 11) is 0. The molecule has 1 saturated heterocycles. The number of unbranched alkanes of at least 4 members (excludes halogenated alkanes) is 3. The summed E-state index contributed by atoms with van der Waals surface area (Å²) in [6, 6.07) is 7.42. The molecule has 1 heterocycles. The number of ether oxygens (including phenoxy) is 1. The van der Waals surface area contributed by atoms with Crippen molar-refractivity contribution in [1.29, 1.82) is 0 Å². The maximum absolute atomic E-state index is 11.9. The van der Waals surface area contributed by atoms with Gasteiger partial charge in [-0.3, -0.25) is 0 Å². The molecule has 1 fully saturated rings. The van der Waals surface area contributed by atoms with E-state index in [1.807, 2.05) is 38.1 Å². The van der Waals surface area contributed by atoms with Crippen LogP contribution in [0, 0.1) is 0 Å². The van der Waals surface area contributed by atoms with Gasteiger partial charge in [0.1, 0.15) is 11.4 Å². The lowest BCUT2D eigenvalue weighted by atomic mass is 10.2. The van der Waals surface area contributed by atoms with Crippen LogP contribution in [0.25, 0.3) is 0 Å². The van der Waals surface area contributed by atoms with Crippen molar-refractivity contribution in [3.05, 3.63) is 24.3 Å². The molecule has 0 atom stereocenters. The highest BCUT2D eigenvalue weighted by Crippen LogP contribution is 2.22. The van der Waals surface area contributed by atoms with Gasteiger partial charge in [-0.15, -0.1) is 0 Å². The molecular formula is C16H25N3O2. The van der Waals surface area contributed by atoms with Crippen LogP contribution < -0.4 is 20.5 Å². The second-order valence-electron chi connectivity index (χ2n) is 5.91. The van der Waals surface area contributed by atoms with Crippen molar-refractivity contribution in [2.75, 3.05) is 11.6 Å². The Labute approximate surface area is 126 Å². The third kappa shape index (κ3) is 4.36. The minimum absolute atomic E-state index is 0.145. The van der Waals surface area contributed by atoms with E-state index in [4.69, 9.17) is 4.74 Å². The van der Waals surface area contributed by atoms with Crippen LogP contribution in [-0.4, -0.2) is 18.3 Å². The molecule has 1 aromatic carbocycles. The maximum Gasteiger partial charge on any atom is 0.338 e. The zero-order valence-corrected chi connectivity index (χ0v) is 13.1. The van der Waals surface area contributed by atoms with Crippen LogP contribution in [0.2, 0.25) is 0 Å². The van der Waals surface area contributed by atoms with E-state index in [2.05, 4.69) is 17.7 Å². The summed E-state index contributed by atoms with van der Waals surface area (Å²) in [6.45, 7) is 6.77. The molecule has 5 heteroatoms. The summed E-state index contributed by atoms with van der Waals surface area (Å²) in [5.74, 6) is 0.842. The zero-order valence-electron chi connectivity index (χ0n) is 13.1. The number of hydrazine groups is 1. The van der Waals surface area contributed by atoms with Crippen LogP contribution >= 0.6 is 0 Å². The molecule has 2 N–H and O–H groups in total. The summed E-state index contributed by atoms with van der Waals surface area (Å²) in [5.41, 5.74) is 3.49. The molecule has 0 aromatic heterocycles. The van der Waals surface area contributed by atoms with Gasteiger partial charge in [-0.2, -0.15) is 0 Å². The molecule has 0 radical (unpaired) electrons. The minimum atomic E-state index is -0.425. The van der Waals surface area contributed by atoms with Gasteiger partial charge in [0.15, 0.2) is 0 Å². The van der Waals surface area contributed by atoms with E-state index in [-0.39, 0.29) is 6.03 Å². The van der Waals surface area contributed by atoms with Crippen molar-refractivity contribution in [1.82, 2.24) is 10.7 Å². The van der Waals surface area contributed by atoms with Gasteiger partial charge in [0.2, 0.25) is 0 Å². The van der Waals surface area contributed by atoms with Crippen LogP contribution in [0.5, 0.6) is 5.75 Å². The number of hydrogen-bond acceptors (Lipinski definition) is 3. The summed E-state index contributed by atoms with van der Waals surface area (Å²) in [4.78, 5) is 11.9. The number of rotatable bonds is 7. The minimum Gasteiger partial charge on any atom is -0.494 e. The number of nitrogens with zero attached hydrogens (tertiary/aromatic N) is 1. The highest BCUT2D eigenvalue weighted by molar-refractivity contribution is 5.93. The quantitative estimate of drug-likeness (QED) is 0.757. The maximum atomic E-state index is 11.9. The lowest BCUT2D eigenvalue weighted by molar-refractivity contribution is 0.248. The first-order chi connectivity index (χ1) is 10.0. The predicted octanol–water partition coefficient (Wildman–Crippen LogP) is 3.42. The molecule has 21 heavy (non-hydrogen) atoms. The van der Waals surface area contributed by atoms with Gasteiger partial charge in [-0.05, 0) is 44.5 Å². The fraction of sp³-hybridized carbons (Fsp3) is 0.562. The number of anilines is 1. The van der Waals surface area contributed by atoms with E-state index in [9.17, 15) is 4.79 Å². The van der Waals surface area contributed by atoms with E-state index in [1.54, 1.807) is 0 Å². The number of nitrogens with one attached hydrogen (secondary N) is 2. The molecule has 0 saturated carbocycles. The van der Waals surface area contributed by atoms with Crippen molar-refractivity contribution >= 4 is 11.7 Å². The lowest BCUT2D eigenvalue weighted by Gasteiger charge is -2.20. The largest absolute Gasteiger partial charge is 0.494 e. The molecule has 2 rings (SSSR count). The van der Waals surface area contributed by atoms with Crippen LogP contribution in [0.15, 0.2) is 24.3 Å². The first kappa shape index (κ1) is 15.6. The van der Waals surface area contributed by atoms with Gasteiger partial charge in [0.05, 0.1) is 12.3 Å². The molecule has 1 aliphatic rings. The number of carbonyl (C=O) groups is 1. The molecule has 0 unspecified atom stereocenters. The van der Waals surface area contributed by atoms with E-state index in [0.29, 0.717) is 0 Å². The third-order valence-corrected chi connectivity index (χ3v) is 3.38. The normalized spacial score (nSPS) is 16.9. The second-order valence-corrected chi connectivity index (χ2v) is 5.91. The fourth-order valence-corrected chi connectivity index (χ4v) is 2.27. The van der Waals surface area contributed by atoms with Crippen LogP contribution in [0.1, 0.15) is 46.5 Å².